The number of hydrogen-bond acceptors (Lipinski definition) is 10. The molecule has 0 bridgehead atoms. The molecule has 12 heteroatoms. The van der Waals surface area contributed by atoms with Crippen LogP contribution in [-0.2, 0) is 21.8 Å². The summed E-state index contributed by atoms with van der Waals surface area (Å²) in [5, 5.41) is 20.4. The van der Waals surface area contributed by atoms with Crippen molar-refractivity contribution in [2.45, 2.75) is 24.7 Å². The summed E-state index contributed by atoms with van der Waals surface area (Å²) in [5.41, 5.74) is 12.0. The van der Waals surface area contributed by atoms with Crippen LogP contribution in [0.5, 0.6) is 34.5 Å². The third-order valence-corrected chi connectivity index (χ3v) is 9.86. The van der Waals surface area contributed by atoms with Crippen molar-refractivity contribution in [2.24, 2.45) is 10.3 Å². The van der Waals surface area contributed by atoms with Crippen LogP contribution in [0, 0.1) is 0 Å². The second-order valence-electron chi connectivity index (χ2n) is 13.3. The normalized spacial score (nSPS) is 17.5. The van der Waals surface area contributed by atoms with Crippen LogP contribution in [0.2, 0.25) is 0 Å². The van der Waals surface area contributed by atoms with Gasteiger partial charge in [0.25, 0.3) is 0 Å². The van der Waals surface area contributed by atoms with Crippen LogP contribution in [0.3, 0.4) is 0 Å². The van der Waals surface area contributed by atoms with Crippen molar-refractivity contribution >= 4 is 22.5 Å². The molecule has 2 unspecified atom stereocenters. The van der Waals surface area contributed by atoms with E-state index in [1.807, 2.05) is 97.1 Å². The van der Waals surface area contributed by atoms with Crippen LogP contribution < -0.4 is 18.9 Å². The number of oxime groups is 1. The van der Waals surface area contributed by atoms with Gasteiger partial charge in [0.15, 0.2) is 11.7 Å². The monoisotopic (exact) mass is 732 g/mol. The quantitative estimate of drug-likeness (QED) is 0.0455. The number of phenolic OH excluding ortho intramolecular Hbond substituents is 1. The lowest BCUT2D eigenvalue weighted by Gasteiger charge is -2.36. The molecule has 3 aliphatic heterocycles. The zero-order chi connectivity index (χ0) is 37.4. The van der Waals surface area contributed by atoms with Crippen molar-refractivity contribution in [3.63, 3.8) is 0 Å². The molecular weight excluding hydrogens is 700 g/mol. The molecule has 0 aliphatic carbocycles. The smallest absolute Gasteiger partial charge is 0.340 e. The fraction of sp³-hybridized carbons (Fsp3) is 0.163. The number of azide groups is 1. The van der Waals surface area contributed by atoms with Gasteiger partial charge in [-0.05, 0) is 70.9 Å². The van der Waals surface area contributed by atoms with Gasteiger partial charge in [0.2, 0.25) is 0 Å². The van der Waals surface area contributed by atoms with Crippen LogP contribution in [0.25, 0.3) is 21.2 Å². The van der Waals surface area contributed by atoms with Crippen LogP contribution in [-0.4, -0.2) is 42.7 Å². The number of carbonyl (C=O) groups excluding carboxylic acids is 1. The number of rotatable bonds is 11. The molecule has 1 N–H and O–H groups in total. The maximum atomic E-state index is 13.4. The number of fused-ring (bicyclic) bond motifs is 7. The van der Waals surface area contributed by atoms with Crippen molar-refractivity contribution in [1.82, 2.24) is 0 Å². The largest absolute Gasteiger partial charge is 0.508 e. The highest BCUT2D eigenvalue weighted by atomic mass is 16.7. The number of nitrogens with zero attached hydrogens (tertiary/aromatic N) is 4. The van der Waals surface area contributed by atoms with Gasteiger partial charge < -0.3 is 33.6 Å². The Kier molecular flexibility index (Phi) is 8.56. The second kappa shape index (κ2) is 14.0. The van der Waals surface area contributed by atoms with Gasteiger partial charge in [-0.1, -0.05) is 64.9 Å². The number of esters is 1. The predicted molar refractivity (Wildman–Crippen MR) is 202 cm³/mol. The van der Waals surface area contributed by atoms with Gasteiger partial charge in [0.1, 0.15) is 47.7 Å². The van der Waals surface area contributed by atoms with Gasteiger partial charge in [-0.15, -0.1) is 0 Å². The van der Waals surface area contributed by atoms with E-state index in [2.05, 4.69) is 15.2 Å². The molecule has 0 saturated heterocycles. The molecule has 3 heterocycles. The summed E-state index contributed by atoms with van der Waals surface area (Å²) >= 11 is 0. The molecule has 6 aromatic rings. The van der Waals surface area contributed by atoms with E-state index >= 15 is 0 Å². The molecule has 0 fully saturated rings. The Bertz CT molecular complexity index is 2570. The topological polar surface area (TPSA) is 154 Å². The third-order valence-electron chi connectivity index (χ3n) is 9.86. The molecule has 0 amide bonds. The Morgan fingerprint density at radius 3 is 2.33 bits per heavy atom. The molecule has 0 aromatic heterocycles. The van der Waals surface area contributed by atoms with E-state index in [0.29, 0.717) is 63.0 Å². The first-order valence-corrected chi connectivity index (χ1v) is 17.7. The highest BCUT2D eigenvalue weighted by Crippen LogP contribution is 2.57. The first kappa shape index (κ1) is 33.7. The maximum absolute atomic E-state index is 13.4. The Morgan fingerprint density at radius 1 is 0.800 bits per heavy atom. The van der Waals surface area contributed by atoms with Crippen molar-refractivity contribution in [3.05, 3.63) is 165 Å². The van der Waals surface area contributed by atoms with Gasteiger partial charge in [0.05, 0.1) is 24.4 Å². The average molecular weight is 733 g/mol. The summed E-state index contributed by atoms with van der Waals surface area (Å²) in [7, 11) is 0. The minimum atomic E-state index is -1.26. The van der Waals surface area contributed by atoms with E-state index in [1.54, 1.807) is 24.3 Å². The molecule has 1 spiro atoms. The summed E-state index contributed by atoms with van der Waals surface area (Å²) in [6, 6.07) is 37.2. The van der Waals surface area contributed by atoms with E-state index in [0.717, 1.165) is 22.0 Å². The SMILES string of the molecule is [N-]=[N+]=NCCOc1cccc(C2=NOC(COc3ccc4c(c3)Oc3cc(OCc5cc6ccccc6cc5O)ccc3C43OC(=O)c4ccccc43)C2)c1. The lowest BCUT2D eigenvalue weighted by atomic mass is 9.77. The van der Waals surface area contributed by atoms with E-state index < -0.39 is 11.6 Å². The lowest BCUT2D eigenvalue weighted by molar-refractivity contribution is 0.0223. The van der Waals surface area contributed by atoms with Gasteiger partial charge in [-0.25, -0.2) is 4.79 Å². The molecule has 12 nitrogen and oxygen atoms in total. The van der Waals surface area contributed by atoms with Crippen LogP contribution in [0.1, 0.15) is 44.6 Å². The average Bonchev–Trinajstić information content (AvgIpc) is 3.81. The standard InChI is InChI=1S/C43H32N4O8/c44-47-45-16-17-50-30-9-5-8-28(19-30)38-21-33(55-46-38)25-52-32-13-15-37-41(23-32)53-40-22-31(51-24-29-18-26-6-1-2-7-27(26)20-39(29)48)12-14-36(40)43(37)35-11-4-3-10-34(35)42(49)54-43/h1-15,18-20,22-23,33,48H,16-17,21,24-25H2. The van der Waals surface area contributed by atoms with Crippen molar-refractivity contribution in [3.8, 4) is 34.5 Å². The zero-order valence-electron chi connectivity index (χ0n) is 29.3. The number of benzene rings is 6. The Labute approximate surface area is 314 Å². The van der Waals surface area contributed by atoms with Gasteiger partial charge in [-0.3, -0.25) is 0 Å². The summed E-state index contributed by atoms with van der Waals surface area (Å²) in [6.07, 6.45) is 0.185. The second-order valence-corrected chi connectivity index (χ2v) is 13.3. The molecule has 55 heavy (non-hydrogen) atoms. The summed E-state index contributed by atoms with van der Waals surface area (Å²) in [5.74, 6) is 2.31. The fourth-order valence-corrected chi connectivity index (χ4v) is 7.26. The first-order chi connectivity index (χ1) is 27.0. The van der Waals surface area contributed by atoms with Crippen molar-refractivity contribution in [1.29, 1.82) is 0 Å². The highest BCUT2D eigenvalue weighted by molar-refractivity contribution is 6.01. The first-order valence-electron chi connectivity index (χ1n) is 17.7. The number of carbonyl (C=O) groups is 1. The molecule has 3 aliphatic rings. The molecule has 9 rings (SSSR count). The molecular formula is C43H32N4O8. The molecule has 2 atom stereocenters. The van der Waals surface area contributed by atoms with Gasteiger partial charge >= 0.3 is 5.97 Å². The van der Waals surface area contributed by atoms with Crippen molar-refractivity contribution in [2.75, 3.05) is 19.8 Å². The number of aromatic hydroxyl groups is 1. The minimum Gasteiger partial charge on any atom is -0.508 e. The van der Waals surface area contributed by atoms with Gasteiger partial charge in [0, 0.05) is 51.3 Å². The molecule has 0 radical (unpaired) electrons. The zero-order valence-corrected chi connectivity index (χ0v) is 29.3. The molecule has 272 valence electrons. The van der Waals surface area contributed by atoms with Gasteiger partial charge in [-0.2, -0.15) is 0 Å². The number of hydrogen-bond donors (Lipinski definition) is 1. The lowest BCUT2D eigenvalue weighted by Crippen LogP contribution is -2.33. The third kappa shape index (κ3) is 6.24. The highest BCUT2D eigenvalue weighted by Gasteiger charge is 2.53. The number of phenols is 1. The number of ether oxygens (including phenoxy) is 5. The summed E-state index contributed by atoms with van der Waals surface area (Å²) in [6.45, 7) is 0.844. The Balaban J connectivity index is 0.950. The van der Waals surface area contributed by atoms with E-state index in [-0.39, 0.29) is 38.2 Å². The Hall–Kier alpha value is -7.17. The predicted octanol–water partition coefficient (Wildman–Crippen LogP) is 8.95. The maximum Gasteiger partial charge on any atom is 0.340 e. The Morgan fingerprint density at radius 2 is 1.53 bits per heavy atom. The fourth-order valence-electron chi connectivity index (χ4n) is 7.26. The van der Waals surface area contributed by atoms with E-state index in [4.69, 9.17) is 34.1 Å². The summed E-state index contributed by atoms with van der Waals surface area (Å²) in [4.78, 5) is 21.8. The van der Waals surface area contributed by atoms with Crippen molar-refractivity contribution < 1.29 is 38.4 Å². The van der Waals surface area contributed by atoms with Crippen LogP contribution in [0.15, 0.2) is 132 Å². The molecule has 6 aromatic carbocycles. The van der Waals surface area contributed by atoms with Crippen LogP contribution in [0.4, 0.5) is 0 Å². The summed E-state index contributed by atoms with van der Waals surface area (Å²) < 4.78 is 31.0. The van der Waals surface area contributed by atoms with Crippen LogP contribution >= 0.6 is 0 Å². The molecule has 0 saturated carbocycles. The minimum absolute atomic E-state index is 0.125. The van der Waals surface area contributed by atoms with E-state index in [1.165, 1.54) is 0 Å². The van der Waals surface area contributed by atoms with E-state index in [9.17, 15) is 9.90 Å².